The van der Waals surface area contributed by atoms with E-state index in [9.17, 15) is 5.11 Å². The first-order valence-electron chi connectivity index (χ1n) is 4.90. The summed E-state index contributed by atoms with van der Waals surface area (Å²) in [6.45, 7) is 7.59. The molecule has 0 unspecified atom stereocenters. The average molecular weight is 171 g/mol. The third-order valence-corrected chi connectivity index (χ3v) is 2.38. The van der Waals surface area contributed by atoms with Gasteiger partial charge in [-0.05, 0) is 31.2 Å². The van der Waals surface area contributed by atoms with E-state index in [1.165, 1.54) is 6.42 Å². The fourth-order valence-electron chi connectivity index (χ4n) is 1.81. The summed E-state index contributed by atoms with van der Waals surface area (Å²) in [4.78, 5) is 0. The zero-order chi connectivity index (χ0) is 9.19. The van der Waals surface area contributed by atoms with E-state index in [0.29, 0.717) is 6.04 Å². The summed E-state index contributed by atoms with van der Waals surface area (Å²) < 4.78 is 0. The summed E-state index contributed by atoms with van der Waals surface area (Å²) in [5, 5.41) is 13.2. The minimum absolute atomic E-state index is 0.160. The van der Waals surface area contributed by atoms with E-state index < -0.39 is 0 Å². The predicted octanol–water partition coefficient (Wildman–Crippen LogP) is 1.54. The van der Waals surface area contributed by atoms with E-state index in [1.807, 2.05) is 0 Å². The highest BCUT2D eigenvalue weighted by atomic mass is 16.3. The Morgan fingerprint density at radius 3 is 2.58 bits per heavy atom. The van der Waals surface area contributed by atoms with Crippen LogP contribution in [-0.2, 0) is 0 Å². The zero-order valence-electron chi connectivity index (χ0n) is 8.43. The molecule has 1 saturated heterocycles. The zero-order valence-corrected chi connectivity index (χ0v) is 8.43. The summed E-state index contributed by atoms with van der Waals surface area (Å²) in [7, 11) is 0. The maximum atomic E-state index is 9.82. The molecule has 72 valence electrons. The molecule has 2 heteroatoms. The van der Waals surface area contributed by atoms with Crippen LogP contribution in [0.1, 0.15) is 40.0 Å². The highest BCUT2D eigenvalue weighted by Gasteiger charge is 2.26. The largest absolute Gasteiger partial charge is 0.391 e. The molecule has 0 aromatic carbocycles. The molecule has 1 rings (SSSR count). The van der Waals surface area contributed by atoms with Crippen molar-refractivity contribution in [1.29, 1.82) is 0 Å². The molecule has 0 bridgehead atoms. The number of rotatable bonds is 2. The fraction of sp³-hybridized carbons (Fsp3) is 1.00. The van der Waals surface area contributed by atoms with Crippen molar-refractivity contribution in [3.8, 4) is 0 Å². The molecule has 1 aliphatic rings. The molecule has 2 nitrogen and oxygen atoms in total. The van der Waals surface area contributed by atoms with Crippen molar-refractivity contribution in [3.63, 3.8) is 0 Å². The van der Waals surface area contributed by atoms with Crippen molar-refractivity contribution in [2.75, 3.05) is 6.54 Å². The molecule has 0 aromatic rings. The molecule has 0 aliphatic carbocycles. The second kappa shape index (κ2) is 3.75. The van der Waals surface area contributed by atoms with Gasteiger partial charge < -0.3 is 10.4 Å². The van der Waals surface area contributed by atoms with Gasteiger partial charge in [0.1, 0.15) is 0 Å². The van der Waals surface area contributed by atoms with Crippen LogP contribution in [0.25, 0.3) is 0 Å². The van der Waals surface area contributed by atoms with Gasteiger partial charge in [-0.15, -0.1) is 0 Å². The van der Waals surface area contributed by atoms with E-state index in [4.69, 9.17) is 0 Å². The molecule has 2 atom stereocenters. The monoisotopic (exact) mass is 171 g/mol. The van der Waals surface area contributed by atoms with Gasteiger partial charge in [-0.1, -0.05) is 20.8 Å². The molecule has 1 fully saturated rings. The number of aliphatic hydroxyl groups is 1. The van der Waals surface area contributed by atoms with Crippen LogP contribution in [0.15, 0.2) is 0 Å². The predicted molar refractivity (Wildman–Crippen MR) is 51.1 cm³/mol. The quantitative estimate of drug-likeness (QED) is 0.660. The Balaban J connectivity index is 2.31. The van der Waals surface area contributed by atoms with Crippen LogP contribution in [0.5, 0.6) is 0 Å². The van der Waals surface area contributed by atoms with Crippen LogP contribution in [0, 0.1) is 5.41 Å². The van der Waals surface area contributed by atoms with Crippen LogP contribution in [0.3, 0.4) is 0 Å². The van der Waals surface area contributed by atoms with Gasteiger partial charge in [0, 0.05) is 6.04 Å². The summed E-state index contributed by atoms with van der Waals surface area (Å²) in [5.41, 5.74) is 0.240. The van der Waals surface area contributed by atoms with Gasteiger partial charge in [-0.25, -0.2) is 0 Å². The minimum atomic E-state index is -0.160. The minimum Gasteiger partial charge on any atom is -0.391 e. The summed E-state index contributed by atoms with van der Waals surface area (Å²) in [6, 6.07) is 0.351. The first kappa shape index (κ1) is 10.0. The Kier molecular flexibility index (Phi) is 3.13. The Morgan fingerprint density at radius 2 is 2.17 bits per heavy atom. The standard InChI is InChI=1S/C10H21NO/c1-10(2,3)7-9(12)8-5-4-6-11-8/h8-9,11-12H,4-7H2,1-3H3/t8-,9-/m1/s1. The van der Waals surface area contributed by atoms with E-state index in [2.05, 4.69) is 26.1 Å². The molecular weight excluding hydrogens is 150 g/mol. The topological polar surface area (TPSA) is 32.3 Å². The number of nitrogens with one attached hydrogen (secondary N) is 1. The average Bonchev–Trinajstić information content (AvgIpc) is 2.32. The molecule has 2 N–H and O–H groups in total. The molecule has 0 radical (unpaired) electrons. The van der Waals surface area contributed by atoms with Gasteiger partial charge >= 0.3 is 0 Å². The molecule has 1 aliphatic heterocycles. The highest BCUT2D eigenvalue weighted by molar-refractivity contribution is 4.83. The lowest BCUT2D eigenvalue weighted by atomic mass is 9.86. The SMILES string of the molecule is CC(C)(C)C[C@@H](O)[C@H]1CCCN1. The van der Waals surface area contributed by atoms with Crippen LogP contribution in [-0.4, -0.2) is 23.8 Å². The second-order valence-corrected chi connectivity index (χ2v) is 5.03. The van der Waals surface area contributed by atoms with Gasteiger partial charge in [0.25, 0.3) is 0 Å². The first-order chi connectivity index (χ1) is 5.49. The van der Waals surface area contributed by atoms with Gasteiger partial charge in [0.15, 0.2) is 0 Å². The number of hydrogen-bond acceptors (Lipinski definition) is 2. The Bertz CT molecular complexity index is 133. The van der Waals surface area contributed by atoms with Crippen molar-refractivity contribution in [2.24, 2.45) is 5.41 Å². The Labute approximate surface area is 75.4 Å². The highest BCUT2D eigenvalue weighted by Crippen LogP contribution is 2.24. The van der Waals surface area contributed by atoms with Gasteiger partial charge in [0.2, 0.25) is 0 Å². The van der Waals surface area contributed by atoms with E-state index in [1.54, 1.807) is 0 Å². The van der Waals surface area contributed by atoms with Crippen molar-refractivity contribution in [1.82, 2.24) is 5.32 Å². The van der Waals surface area contributed by atoms with Crippen molar-refractivity contribution in [3.05, 3.63) is 0 Å². The van der Waals surface area contributed by atoms with Crippen LogP contribution < -0.4 is 5.32 Å². The molecule has 1 heterocycles. The fourth-order valence-corrected chi connectivity index (χ4v) is 1.81. The normalized spacial score (nSPS) is 27.5. The maximum absolute atomic E-state index is 9.82. The summed E-state index contributed by atoms with van der Waals surface area (Å²) in [5.74, 6) is 0. The van der Waals surface area contributed by atoms with Gasteiger partial charge in [0.05, 0.1) is 6.10 Å². The first-order valence-corrected chi connectivity index (χ1v) is 4.90. The Morgan fingerprint density at radius 1 is 1.50 bits per heavy atom. The van der Waals surface area contributed by atoms with Gasteiger partial charge in [-0.3, -0.25) is 0 Å². The van der Waals surface area contributed by atoms with Crippen molar-refractivity contribution in [2.45, 2.75) is 52.2 Å². The molecule has 0 amide bonds. The Hall–Kier alpha value is -0.0800. The van der Waals surface area contributed by atoms with Crippen molar-refractivity contribution < 1.29 is 5.11 Å². The van der Waals surface area contributed by atoms with Crippen molar-refractivity contribution >= 4 is 0 Å². The van der Waals surface area contributed by atoms with Crippen LogP contribution >= 0.6 is 0 Å². The van der Waals surface area contributed by atoms with Gasteiger partial charge in [-0.2, -0.15) is 0 Å². The number of aliphatic hydroxyl groups excluding tert-OH is 1. The molecule has 0 saturated carbocycles. The molecular formula is C10H21NO. The molecule has 12 heavy (non-hydrogen) atoms. The maximum Gasteiger partial charge on any atom is 0.0698 e. The lowest BCUT2D eigenvalue weighted by Crippen LogP contribution is -2.37. The second-order valence-electron chi connectivity index (χ2n) is 5.03. The summed E-state index contributed by atoms with van der Waals surface area (Å²) in [6.07, 6.45) is 3.08. The smallest absolute Gasteiger partial charge is 0.0698 e. The molecule has 0 spiro atoms. The van der Waals surface area contributed by atoms with E-state index in [0.717, 1.165) is 19.4 Å². The third-order valence-electron chi connectivity index (χ3n) is 2.38. The van der Waals surface area contributed by atoms with Crippen LogP contribution in [0.4, 0.5) is 0 Å². The lowest BCUT2D eigenvalue weighted by Gasteiger charge is -2.26. The van der Waals surface area contributed by atoms with E-state index >= 15 is 0 Å². The van der Waals surface area contributed by atoms with E-state index in [-0.39, 0.29) is 11.5 Å². The van der Waals surface area contributed by atoms with Crippen LogP contribution in [0.2, 0.25) is 0 Å². The number of hydrogen-bond donors (Lipinski definition) is 2. The lowest BCUT2D eigenvalue weighted by molar-refractivity contribution is 0.0899. The molecule has 0 aromatic heterocycles. The third kappa shape index (κ3) is 3.11. The summed E-state index contributed by atoms with van der Waals surface area (Å²) >= 11 is 0.